The number of benzene rings is 3. The van der Waals surface area contributed by atoms with Crippen LogP contribution in [0.25, 0.3) is 0 Å². The van der Waals surface area contributed by atoms with Gasteiger partial charge in [-0.2, -0.15) is 0 Å². The summed E-state index contributed by atoms with van der Waals surface area (Å²) >= 11 is 24.3. The summed E-state index contributed by atoms with van der Waals surface area (Å²) in [5, 5.41) is 6.81. The second-order valence-corrected chi connectivity index (χ2v) is 8.16. The van der Waals surface area contributed by atoms with Crippen molar-refractivity contribution in [1.29, 1.82) is 0 Å². The van der Waals surface area contributed by atoms with Gasteiger partial charge in [0.05, 0.1) is 21.4 Å². The fraction of sp³-hybridized carbons (Fsp3) is 0.0909. The Balaban J connectivity index is 1.87. The van der Waals surface area contributed by atoms with Gasteiger partial charge in [-0.1, -0.05) is 76.7 Å². The van der Waals surface area contributed by atoms with E-state index in [0.717, 1.165) is 5.56 Å². The third kappa shape index (κ3) is 5.89. The Bertz CT molecular complexity index is 1010. The van der Waals surface area contributed by atoms with Crippen LogP contribution < -0.4 is 10.6 Å². The van der Waals surface area contributed by atoms with Crippen molar-refractivity contribution in [3.05, 3.63) is 92.4 Å². The minimum atomic E-state index is -1.06. The molecule has 0 aromatic heterocycles. The first-order valence-corrected chi connectivity index (χ1v) is 10.4. The van der Waals surface area contributed by atoms with Gasteiger partial charge in [-0.15, -0.1) is 0 Å². The van der Waals surface area contributed by atoms with Gasteiger partial charge in [-0.05, 0) is 48.4 Å². The molecule has 0 radical (unpaired) electrons. The van der Waals surface area contributed by atoms with E-state index in [9.17, 15) is 9.59 Å². The van der Waals surface area contributed by atoms with Crippen LogP contribution in [0.5, 0.6) is 0 Å². The molecule has 0 fully saturated rings. The van der Waals surface area contributed by atoms with Crippen LogP contribution >= 0.6 is 46.4 Å². The van der Waals surface area contributed by atoms with Crippen molar-refractivity contribution in [1.82, 2.24) is 0 Å². The second-order valence-electron chi connectivity index (χ2n) is 6.47. The van der Waals surface area contributed by atoms with E-state index < -0.39 is 17.7 Å². The van der Waals surface area contributed by atoms with Crippen LogP contribution in [0.4, 0.5) is 11.4 Å². The fourth-order valence-electron chi connectivity index (χ4n) is 2.78. The summed E-state index contributed by atoms with van der Waals surface area (Å²) in [6, 6.07) is 18.6. The minimum absolute atomic E-state index is 0.175. The van der Waals surface area contributed by atoms with Gasteiger partial charge in [0, 0.05) is 10.0 Å². The number of carbonyl (C=O) groups excluding carboxylic acids is 2. The molecule has 154 valence electrons. The van der Waals surface area contributed by atoms with Crippen molar-refractivity contribution in [3.63, 3.8) is 0 Å². The van der Waals surface area contributed by atoms with Crippen molar-refractivity contribution >= 4 is 69.6 Å². The molecule has 8 heteroatoms. The Kier molecular flexibility index (Phi) is 7.62. The van der Waals surface area contributed by atoms with E-state index >= 15 is 0 Å². The van der Waals surface area contributed by atoms with E-state index in [4.69, 9.17) is 46.4 Å². The molecule has 0 bridgehead atoms. The lowest BCUT2D eigenvalue weighted by Crippen LogP contribution is -2.35. The van der Waals surface area contributed by atoms with Crippen LogP contribution in [0.2, 0.25) is 20.1 Å². The third-order valence-corrected chi connectivity index (χ3v) is 5.42. The number of hydrogen-bond acceptors (Lipinski definition) is 2. The van der Waals surface area contributed by atoms with Crippen molar-refractivity contribution in [3.8, 4) is 0 Å². The molecule has 2 amide bonds. The first kappa shape index (κ1) is 22.4. The summed E-state index contributed by atoms with van der Waals surface area (Å²) in [4.78, 5) is 26.1. The van der Waals surface area contributed by atoms with Gasteiger partial charge >= 0.3 is 0 Å². The Morgan fingerprint density at radius 2 is 1.17 bits per heavy atom. The minimum Gasteiger partial charge on any atom is -0.324 e. The quantitative estimate of drug-likeness (QED) is 0.383. The van der Waals surface area contributed by atoms with E-state index in [0.29, 0.717) is 31.5 Å². The van der Waals surface area contributed by atoms with E-state index in [1.54, 1.807) is 24.3 Å². The zero-order valence-electron chi connectivity index (χ0n) is 15.5. The van der Waals surface area contributed by atoms with Crippen LogP contribution in [0.3, 0.4) is 0 Å². The molecule has 0 aliphatic heterocycles. The monoisotopic (exact) mass is 480 g/mol. The van der Waals surface area contributed by atoms with Crippen molar-refractivity contribution in [2.24, 2.45) is 5.92 Å². The molecule has 0 aliphatic rings. The van der Waals surface area contributed by atoms with Gasteiger partial charge in [-0.25, -0.2) is 0 Å². The zero-order valence-corrected chi connectivity index (χ0v) is 18.5. The molecule has 3 aromatic carbocycles. The van der Waals surface area contributed by atoms with Crippen LogP contribution in [0.1, 0.15) is 5.56 Å². The first-order valence-electron chi connectivity index (χ1n) is 8.89. The number of halogens is 4. The highest BCUT2D eigenvalue weighted by Crippen LogP contribution is 2.28. The van der Waals surface area contributed by atoms with Crippen LogP contribution in [0.15, 0.2) is 66.7 Å². The molecule has 3 rings (SSSR count). The van der Waals surface area contributed by atoms with Crippen LogP contribution in [0, 0.1) is 5.92 Å². The summed E-state index contributed by atoms with van der Waals surface area (Å²) in [6.45, 7) is 0. The normalized spacial score (nSPS) is 10.7. The summed E-state index contributed by atoms with van der Waals surface area (Å²) in [5.41, 5.74) is 1.46. The lowest BCUT2D eigenvalue weighted by Gasteiger charge is -2.18. The third-order valence-electron chi connectivity index (χ3n) is 4.29. The van der Waals surface area contributed by atoms with E-state index in [2.05, 4.69) is 10.6 Å². The standard InChI is InChI=1S/C22H16Cl4N2O2/c23-14-6-8-17(25)19(11-14)27-21(29)16(10-13-4-2-1-3-5-13)22(30)28-20-12-15(24)7-9-18(20)26/h1-9,11-12,16H,10H2,(H,27,29)(H,28,30). The molecule has 2 N–H and O–H groups in total. The van der Waals surface area contributed by atoms with Gasteiger partial charge in [-0.3, -0.25) is 9.59 Å². The smallest absolute Gasteiger partial charge is 0.237 e. The topological polar surface area (TPSA) is 58.2 Å². The zero-order chi connectivity index (χ0) is 21.7. The Labute approximate surface area is 194 Å². The summed E-state index contributed by atoms with van der Waals surface area (Å²) in [7, 11) is 0. The maximum absolute atomic E-state index is 13.0. The van der Waals surface area contributed by atoms with Gasteiger partial charge in [0.2, 0.25) is 11.8 Å². The molecule has 3 aromatic rings. The van der Waals surface area contributed by atoms with Gasteiger partial charge in [0.1, 0.15) is 5.92 Å². The van der Waals surface area contributed by atoms with Gasteiger partial charge in [0.25, 0.3) is 0 Å². The molecule has 4 nitrogen and oxygen atoms in total. The molecular weight excluding hydrogens is 466 g/mol. The molecule has 30 heavy (non-hydrogen) atoms. The lowest BCUT2D eigenvalue weighted by molar-refractivity contribution is -0.129. The van der Waals surface area contributed by atoms with Crippen LogP contribution in [-0.4, -0.2) is 11.8 Å². The summed E-state index contributed by atoms with van der Waals surface area (Å²) < 4.78 is 0. The van der Waals surface area contributed by atoms with Crippen molar-refractivity contribution in [2.75, 3.05) is 10.6 Å². The highest BCUT2D eigenvalue weighted by Gasteiger charge is 2.28. The second kappa shape index (κ2) is 10.2. The summed E-state index contributed by atoms with van der Waals surface area (Å²) in [5.74, 6) is -2.12. The molecule has 0 spiro atoms. The largest absolute Gasteiger partial charge is 0.324 e. The highest BCUT2D eigenvalue weighted by molar-refractivity contribution is 6.36. The highest BCUT2D eigenvalue weighted by atomic mass is 35.5. The predicted octanol–water partition coefficient (Wildman–Crippen LogP) is 6.74. The summed E-state index contributed by atoms with van der Waals surface area (Å²) in [6.07, 6.45) is 0.175. The van der Waals surface area contributed by atoms with Gasteiger partial charge in [0.15, 0.2) is 0 Å². The Hall–Kier alpha value is -2.24. The lowest BCUT2D eigenvalue weighted by atomic mass is 9.97. The predicted molar refractivity (Wildman–Crippen MR) is 124 cm³/mol. The number of nitrogens with one attached hydrogen (secondary N) is 2. The average molecular weight is 482 g/mol. The molecule has 0 heterocycles. The number of anilines is 2. The number of rotatable bonds is 6. The van der Waals surface area contributed by atoms with E-state index in [1.165, 1.54) is 12.1 Å². The maximum Gasteiger partial charge on any atom is 0.237 e. The molecule has 0 atom stereocenters. The Morgan fingerprint density at radius 3 is 1.63 bits per heavy atom. The fourth-order valence-corrected chi connectivity index (χ4v) is 3.45. The first-order chi connectivity index (χ1) is 14.3. The number of hydrogen-bond donors (Lipinski definition) is 2. The van der Waals surface area contributed by atoms with Gasteiger partial charge < -0.3 is 10.6 Å². The average Bonchev–Trinajstić information content (AvgIpc) is 2.72. The number of amides is 2. The SMILES string of the molecule is O=C(Nc1cc(Cl)ccc1Cl)C(Cc1ccccc1)C(=O)Nc1cc(Cl)ccc1Cl. The molecule has 0 saturated heterocycles. The van der Waals surface area contributed by atoms with E-state index in [-0.39, 0.29) is 6.42 Å². The van der Waals surface area contributed by atoms with Crippen LogP contribution in [-0.2, 0) is 16.0 Å². The molecular formula is C22H16Cl4N2O2. The van der Waals surface area contributed by atoms with E-state index in [1.807, 2.05) is 30.3 Å². The van der Waals surface area contributed by atoms with Crippen molar-refractivity contribution in [2.45, 2.75) is 6.42 Å². The number of carbonyl (C=O) groups is 2. The maximum atomic E-state index is 13.0. The molecule has 0 saturated carbocycles. The molecule has 0 aliphatic carbocycles. The van der Waals surface area contributed by atoms with Crippen molar-refractivity contribution < 1.29 is 9.59 Å². The molecule has 0 unspecified atom stereocenters. The Morgan fingerprint density at radius 1 is 0.700 bits per heavy atom.